The molecule has 4 rings (SSSR count). The maximum Gasteiger partial charge on any atom is 0.261 e. The normalized spacial score (nSPS) is 11.2. The van der Waals surface area contributed by atoms with E-state index in [1.165, 1.54) is 27.9 Å². The van der Waals surface area contributed by atoms with Crippen LogP contribution < -0.4 is 5.56 Å². The molecule has 6 nitrogen and oxygen atoms in total. The van der Waals surface area contributed by atoms with Gasteiger partial charge in [0.05, 0.1) is 34.9 Å². The lowest BCUT2D eigenvalue weighted by molar-refractivity contribution is 0.602. The highest BCUT2D eigenvalue weighted by Crippen LogP contribution is 2.16. The third kappa shape index (κ3) is 5.51. The van der Waals surface area contributed by atoms with E-state index in [0.29, 0.717) is 23.0 Å². The Balaban J connectivity index is 1.58. The van der Waals surface area contributed by atoms with E-state index in [4.69, 9.17) is 0 Å². The molecule has 0 aliphatic carbocycles. The lowest BCUT2D eigenvalue weighted by Crippen LogP contribution is -2.21. The van der Waals surface area contributed by atoms with Crippen molar-refractivity contribution in [3.05, 3.63) is 94.3 Å². The molecule has 0 fully saturated rings. The molecule has 2 aromatic heterocycles. The first-order valence-corrected chi connectivity index (χ1v) is 13.2. The Morgan fingerprint density at radius 3 is 2.55 bits per heavy atom. The Bertz CT molecular complexity index is 1550. The van der Waals surface area contributed by atoms with Gasteiger partial charge in [-0.1, -0.05) is 30.2 Å². The van der Waals surface area contributed by atoms with Gasteiger partial charge in [0.15, 0.2) is 9.84 Å². The van der Waals surface area contributed by atoms with E-state index in [9.17, 15) is 13.2 Å². The van der Waals surface area contributed by atoms with Gasteiger partial charge in [-0.05, 0) is 53.6 Å². The monoisotopic (exact) mass is 475 g/mol. The molecule has 0 saturated heterocycles. The van der Waals surface area contributed by atoms with Crippen LogP contribution in [0.3, 0.4) is 0 Å². The van der Waals surface area contributed by atoms with Crippen LogP contribution in [0.25, 0.3) is 10.9 Å². The topological polar surface area (TPSA) is 81.9 Å². The zero-order valence-corrected chi connectivity index (χ0v) is 19.8. The van der Waals surface area contributed by atoms with Crippen LogP contribution in [0.15, 0.2) is 81.7 Å². The molecule has 2 heterocycles. The molecule has 0 atom stereocenters. The molecular weight excluding hydrogens is 454 g/mol. The highest BCUT2D eigenvalue weighted by molar-refractivity contribution is 7.98. The molecule has 0 amide bonds. The Hall–Kier alpha value is -3.41. The van der Waals surface area contributed by atoms with Gasteiger partial charge in [0.1, 0.15) is 5.69 Å². The van der Waals surface area contributed by atoms with Crippen molar-refractivity contribution in [1.82, 2.24) is 14.5 Å². The summed E-state index contributed by atoms with van der Waals surface area (Å²) in [6.45, 7) is 0.279. The first-order chi connectivity index (χ1) is 15.8. The summed E-state index contributed by atoms with van der Waals surface area (Å²) in [6.07, 6.45) is 6.82. The fourth-order valence-electron chi connectivity index (χ4n) is 3.30. The summed E-state index contributed by atoms with van der Waals surface area (Å²) < 4.78 is 24.8. The van der Waals surface area contributed by atoms with Crippen molar-refractivity contribution in [3.8, 4) is 11.8 Å². The molecule has 2 aromatic carbocycles. The van der Waals surface area contributed by atoms with E-state index in [0.717, 1.165) is 17.4 Å². The van der Waals surface area contributed by atoms with Gasteiger partial charge in [-0.3, -0.25) is 9.36 Å². The standard InChI is InChI=1S/C25H21N3O3S2/c1-32-21-8-4-6-18(13-21)5-3-7-20-14-23-24(15-26-20)27-17-28(25(23)29)16-19-9-11-22(12-10-19)33(2,30)31/h4,6,8-15,17H,5,16H2,1-2H3. The van der Waals surface area contributed by atoms with Crippen molar-refractivity contribution in [2.24, 2.45) is 0 Å². The average Bonchev–Trinajstić information content (AvgIpc) is 2.81. The first kappa shape index (κ1) is 22.8. The molecule has 0 N–H and O–H groups in total. The largest absolute Gasteiger partial charge is 0.294 e. The second-order valence-electron chi connectivity index (χ2n) is 7.51. The van der Waals surface area contributed by atoms with Crippen molar-refractivity contribution in [3.63, 3.8) is 0 Å². The quantitative estimate of drug-likeness (QED) is 0.324. The van der Waals surface area contributed by atoms with Gasteiger partial charge in [-0.2, -0.15) is 0 Å². The van der Waals surface area contributed by atoms with Crippen molar-refractivity contribution in [2.45, 2.75) is 22.8 Å². The molecular formula is C25H21N3O3S2. The molecule has 166 valence electrons. The lowest BCUT2D eigenvalue weighted by atomic mass is 10.1. The predicted molar refractivity (Wildman–Crippen MR) is 131 cm³/mol. The van der Waals surface area contributed by atoms with E-state index in [1.54, 1.807) is 36.2 Å². The van der Waals surface area contributed by atoms with Gasteiger partial charge in [0, 0.05) is 17.6 Å². The minimum atomic E-state index is -3.27. The number of hydrogen-bond donors (Lipinski definition) is 0. The average molecular weight is 476 g/mol. The number of benzene rings is 2. The van der Waals surface area contributed by atoms with Crippen LogP contribution in [0.5, 0.6) is 0 Å². The van der Waals surface area contributed by atoms with E-state index in [2.05, 4.69) is 33.9 Å². The highest BCUT2D eigenvalue weighted by atomic mass is 32.2. The van der Waals surface area contributed by atoms with Crippen LogP contribution in [0.4, 0.5) is 0 Å². The Labute approximate surface area is 196 Å². The highest BCUT2D eigenvalue weighted by Gasteiger charge is 2.09. The van der Waals surface area contributed by atoms with E-state index in [-0.39, 0.29) is 17.0 Å². The smallest absolute Gasteiger partial charge is 0.261 e. The molecule has 0 aliphatic rings. The van der Waals surface area contributed by atoms with Crippen molar-refractivity contribution in [1.29, 1.82) is 0 Å². The number of thioether (sulfide) groups is 1. The van der Waals surface area contributed by atoms with Gasteiger partial charge < -0.3 is 0 Å². The Kier molecular flexibility index (Phi) is 6.63. The third-order valence-electron chi connectivity index (χ3n) is 5.06. The summed E-state index contributed by atoms with van der Waals surface area (Å²) in [4.78, 5) is 23.1. The molecule has 0 saturated carbocycles. The van der Waals surface area contributed by atoms with Gasteiger partial charge >= 0.3 is 0 Å². The molecule has 0 aliphatic heterocycles. The van der Waals surface area contributed by atoms with Crippen LogP contribution in [-0.2, 0) is 22.8 Å². The van der Waals surface area contributed by atoms with Gasteiger partial charge in [0.25, 0.3) is 5.56 Å². The summed E-state index contributed by atoms with van der Waals surface area (Å²) >= 11 is 1.69. The summed E-state index contributed by atoms with van der Waals surface area (Å²) in [5.41, 5.74) is 2.73. The summed E-state index contributed by atoms with van der Waals surface area (Å²) in [6, 6.07) is 16.4. The first-order valence-electron chi connectivity index (χ1n) is 10.1. The van der Waals surface area contributed by atoms with E-state index < -0.39 is 9.84 Å². The number of fused-ring (bicyclic) bond motifs is 1. The minimum absolute atomic E-state index is 0.203. The van der Waals surface area contributed by atoms with Crippen LogP contribution in [-0.4, -0.2) is 35.5 Å². The number of rotatable bonds is 5. The second kappa shape index (κ2) is 9.61. The molecule has 0 spiro atoms. The molecule has 0 unspecified atom stereocenters. The number of sulfone groups is 1. The second-order valence-corrected chi connectivity index (χ2v) is 10.4. The van der Waals surface area contributed by atoms with Gasteiger partial charge in [0.2, 0.25) is 0 Å². The predicted octanol–water partition coefficient (Wildman–Crippen LogP) is 3.56. The molecule has 33 heavy (non-hydrogen) atoms. The van der Waals surface area contributed by atoms with Crippen molar-refractivity contribution >= 4 is 32.5 Å². The Morgan fingerprint density at radius 2 is 1.82 bits per heavy atom. The molecule has 8 heteroatoms. The zero-order valence-electron chi connectivity index (χ0n) is 18.1. The Morgan fingerprint density at radius 1 is 1.03 bits per heavy atom. The molecule has 0 bridgehead atoms. The zero-order chi connectivity index (χ0) is 23.4. The minimum Gasteiger partial charge on any atom is -0.294 e. The number of aromatic nitrogens is 3. The van der Waals surface area contributed by atoms with Crippen molar-refractivity contribution in [2.75, 3.05) is 12.5 Å². The van der Waals surface area contributed by atoms with E-state index in [1.807, 2.05) is 18.4 Å². The van der Waals surface area contributed by atoms with Crippen LogP contribution in [0.2, 0.25) is 0 Å². The summed E-state index contributed by atoms with van der Waals surface area (Å²) in [7, 11) is -3.27. The van der Waals surface area contributed by atoms with Crippen LogP contribution in [0.1, 0.15) is 16.8 Å². The number of hydrogen-bond acceptors (Lipinski definition) is 6. The summed E-state index contributed by atoms with van der Waals surface area (Å²) in [5, 5.41) is 0.439. The van der Waals surface area contributed by atoms with E-state index >= 15 is 0 Å². The lowest BCUT2D eigenvalue weighted by Gasteiger charge is -2.07. The van der Waals surface area contributed by atoms with Gasteiger partial charge in [-0.15, -0.1) is 11.8 Å². The maximum absolute atomic E-state index is 13.0. The number of nitrogens with zero attached hydrogens (tertiary/aromatic N) is 3. The van der Waals surface area contributed by atoms with Crippen LogP contribution in [0, 0.1) is 11.8 Å². The third-order valence-corrected chi connectivity index (χ3v) is 6.91. The summed E-state index contributed by atoms with van der Waals surface area (Å²) in [5.74, 6) is 6.16. The van der Waals surface area contributed by atoms with Gasteiger partial charge in [-0.25, -0.2) is 18.4 Å². The SMILES string of the molecule is CSc1cccc(CC#Cc2cc3c(=O)n(Cc4ccc(S(C)(=O)=O)cc4)cnc3cn2)c1. The van der Waals surface area contributed by atoms with Crippen molar-refractivity contribution < 1.29 is 8.42 Å². The maximum atomic E-state index is 13.0. The number of pyridine rings is 1. The fraction of sp³-hybridized carbons (Fsp3) is 0.160. The fourth-order valence-corrected chi connectivity index (χ4v) is 4.41. The van der Waals surface area contributed by atoms with Crippen LogP contribution >= 0.6 is 11.8 Å². The molecule has 4 aromatic rings. The molecule has 0 radical (unpaired) electrons.